The van der Waals surface area contributed by atoms with Gasteiger partial charge in [0, 0.05) is 12.8 Å². The summed E-state index contributed by atoms with van der Waals surface area (Å²) in [6.07, 6.45) is 4.51. The molecule has 0 saturated heterocycles. The Morgan fingerprint density at radius 3 is 2.70 bits per heavy atom. The van der Waals surface area contributed by atoms with Crippen molar-refractivity contribution in [2.45, 2.75) is 12.8 Å². The molecular weight excluding hydrogens is 132 g/mol. The zero-order valence-corrected chi connectivity index (χ0v) is 5.58. The molecule has 10 heavy (non-hydrogen) atoms. The number of rotatable bonds is 2. The van der Waals surface area contributed by atoms with E-state index in [0.717, 1.165) is 5.76 Å². The maximum atomic E-state index is 8.89. The van der Waals surface area contributed by atoms with Crippen LogP contribution in [0.4, 0.5) is 0 Å². The minimum absolute atomic E-state index is 0.291. The van der Waals surface area contributed by atoms with E-state index in [4.69, 9.17) is 14.9 Å². The number of hydrogen-bond donors (Lipinski definition) is 2. The maximum absolute atomic E-state index is 8.89. The molecule has 56 valence electrons. The second-order valence-corrected chi connectivity index (χ2v) is 2.06. The van der Waals surface area contributed by atoms with Crippen molar-refractivity contribution in [1.82, 2.24) is 0 Å². The Morgan fingerprint density at radius 2 is 2.20 bits per heavy atom. The first-order valence-corrected chi connectivity index (χ1v) is 3.15. The number of aliphatic hydroxyl groups is 2. The highest BCUT2D eigenvalue weighted by molar-refractivity contribution is 5.16. The molecule has 0 aromatic carbocycles. The molecule has 0 unspecified atom stereocenters. The van der Waals surface area contributed by atoms with Gasteiger partial charge in [-0.1, -0.05) is 0 Å². The van der Waals surface area contributed by atoms with Gasteiger partial charge in [0.05, 0.1) is 11.5 Å². The Balaban J connectivity index is 2.47. The summed E-state index contributed by atoms with van der Waals surface area (Å²) in [5, 5.41) is 17.2. The molecule has 0 spiro atoms. The van der Waals surface area contributed by atoms with E-state index in [0.29, 0.717) is 18.6 Å². The highest BCUT2D eigenvalue weighted by Crippen LogP contribution is 2.16. The van der Waals surface area contributed by atoms with E-state index < -0.39 is 0 Å². The molecule has 2 N–H and O–H groups in total. The van der Waals surface area contributed by atoms with Crippen molar-refractivity contribution in [1.29, 1.82) is 0 Å². The molecule has 0 aliphatic heterocycles. The third-order valence-electron chi connectivity index (χ3n) is 1.34. The van der Waals surface area contributed by atoms with Crippen LogP contribution in [0.15, 0.2) is 23.7 Å². The lowest BCUT2D eigenvalue weighted by atomic mass is 10.1. The first kappa shape index (κ1) is 7.15. The van der Waals surface area contributed by atoms with Gasteiger partial charge < -0.3 is 14.9 Å². The Morgan fingerprint density at radius 1 is 1.40 bits per heavy atom. The fourth-order valence-electron chi connectivity index (χ4n) is 0.810. The Kier molecular flexibility index (Phi) is 2.34. The third kappa shape index (κ3) is 1.77. The second kappa shape index (κ2) is 3.27. The van der Waals surface area contributed by atoms with Crippen LogP contribution < -0.4 is 0 Å². The van der Waals surface area contributed by atoms with E-state index in [1.54, 1.807) is 12.2 Å². The van der Waals surface area contributed by atoms with E-state index in [9.17, 15) is 0 Å². The van der Waals surface area contributed by atoms with E-state index in [2.05, 4.69) is 0 Å². The molecule has 3 heteroatoms. The van der Waals surface area contributed by atoms with Crippen LogP contribution >= 0.6 is 0 Å². The zero-order valence-electron chi connectivity index (χ0n) is 5.58. The molecule has 1 aliphatic carbocycles. The summed E-state index contributed by atoms with van der Waals surface area (Å²) in [5.74, 6) is 1.09. The van der Waals surface area contributed by atoms with E-state index in [1.165, 1.54) is 0 Å². The molecule has 1 rings (SSSR count). The van der Waals surface area contributed by atoms with Crippen LogP contribution in [0, 0.1) is 0 Å². The fourth-order valence-corrected chi connectivity index (χ4v) is 0.810. The second-order valence-electron chi connectivity index (χ2n) is 2.06. The average Bonchev–Trinajstić information content (AvgIpc) is 1.95. The SMILES string of the molecule is OCOC1=CC=C(O)CC1. The number of hydrogen-bond acceptors (Lipinski definition) is 3. The highest BCUT2D eigenvalue weighted by atomic mass is 16.6. The van der Waals surface area contributed by atoms with E-state index >= 15 is 0 Å². The fraction of sp³-hybridized carbons (Fsp3) is 0.429. The molecule has 0 saturated carbocycles. The highest BCUT2D eigenvalue weighted by Gasteiger charge is 2.04. The van der Waals surface area contributed by atoms with E-state index in [1.807, 2.05) is 0 Å². The molecule has 0 bridgehead atoms. The summed E-state index contributed by atoms with van der Waals surface area (Å²) in [5.41, 5.74) is 0. The lowest BCUT2D eigenvalue weighted by Crippen LogP contribution is -1.98. The Hall–Kier alpha value is -0.960. The van der Waals surface area contributed by atoms with Gasteiger partial charge in [0.1, 0.15) is 0 Å². The topological polar surface area (TPSA) is 49.7 Å². The van der Waals surface area contributed by atoms with Crippen LogP contribution in [0.2, 0.25) is 0 Å². The molecular formula is C7H10O3. The van der Waals surface area contributed by atoms with Crippen molar-refractivity contribution in [3.63, 3.8) is 0 Å². The van der Waals surface area contributed by atoms with Gasteiger partial charge >= 0.3 is 0 Å². The predicted molar refractivity (Wildman–Crippen MR) is 36.2 cm³/mol. The van der Waals surface area contributed by atoms with Crippen molar-refractivity contribution in [3.8, 4) is 0 Å². The molecule has 0 radical (unpaired) electrons. The molecule has 0 amide bonds. The lowest BCUT2D eigenvalue weighted by Gasteiger charge is -2.10. The quantitative estimate of drug-likeness (QED) is 0.567. The lowest BCUT2D eigenvalue weighted by molar-refractivity contribution is 0.0372. The van der Waals surface area contributed by atoms with Crippen molar-refractivity contribution in [2.24, 2.45) is 0 Å². The summed E-state index contributed by atoms with van der Waals surface area (Å²) in [6, 6.07) is 0. The Bertz CT molecular complexity index is 166. The molecule has 0 atom stereocenters. The van der Waals surface area contributed by atoms with Crippen LogP contribution in [-0.4, -0.2) is 17.0 Å². The molecule has 0 fully saturated rings. The van der Waals surface area contributed by atoms with Gasteiger partial charge in [-0.3, -0.25) is 0 Å². The minimum Gasteiger partial charge on any atom is -0.512 e. The Labute approximate surface area is 59.2 Å². The summed E-state index contributed by atoms with van der Waals surface area (Å²) in [7, 11) is 0. The molecule has 1 aliphatic rings. The molecule has 0 aromatic heterocycles. The largest absolute Gasteiger partial charge is 0.512 e. The summed E-state index contributed by atoms with van der Waals surface area (Å²) in [6.45, 7) is -0.291. The smallest absolute Gasteiger partial charge is 0.185 e. The summed E-state index contributed by atoms with van der Waals surface area (Å²) < 4.78 is 4.79. The predicted octanol–water partition coefficient (Wildman–Crippen LogP) is 1.07. The number of ether oxygens (including phenoxy) is 1. The van der Waals surface area contributed by atoms with Crippen LogP contribution in [0.5, 0.6) is 0 Å². The molecule has 0 aromatic rings. The zero-order chi connectivity index (χ0) is 7.40. The van der Waals surface area contributed by atoms with Gasteiger partial charge in [-0.15, -0.1) is 0 Å². The first-order chi connectivity index (χ1) is 4.83. The van der Waals surface area contributed by atoms with Gasteiger partial charge in [-0.05, 0) is 12.2 Å². The van der Waals surface area contributed by atoms with Gasteiger partial charge in [-0.2, -0.15) is 0 Å². The van der Waals surface area contributed by atoms with Gasteiger partial charge in [0.25, 0.3) is 0 Å². The van der Waals surface area contributed by atoms with Gasteiger partial charge in [-0.25, -0.2) is 0 Å². The standard InChI is InChI=1S/C7H10O3/c8-5-10-7-3-1-6(9)2-4-7/h1,3,8-9H,2,4-5H2. The number of allylic oxidation sites excluding steroid dienone is 4. The minimum atomic E-state index is -0.291. The van der Waals surface area contributed by atoms with Crippen molar-refractivity contribution < 1.29 is 14.9 Å². The number of aliphatic hydroxyl groups excluding tert-OH is 2. The van der Waals surface area contributed by atoms with Crippen LogP contribution in [0.3, 0.4) is 0 Å². The van der Waals surface area contributed by atoms with Crippen LogP contribution in [0.1, 0.15) is 12.8 Å². The third-order valence-corrected chi connectivity index (χ3v) is 1.34. The summed E-state index contributed by atoms with van der Waals surface area (Å²) >= 11 is 0. The maximum Gasteiger partial charge on any atom is 0.185 e. The van der Waals surface area contributed by atoms with Crippen molar-refractivity contribution in [2.75, 3.05) is 6.79 Å². The normalized spacial score (nSPS) is 17.7. The van der Waals surface area contributed by atoms with Crippen molar-refractivity contribution >= 4 is 0 Å². The average molecular weight is 142 g/mol. The van der Waals surface area contributed by atoms with Crippen LogP contribution in [-0.2, 0) is 4.74 Å². The molecule has 0 heterocycles. The first-order valence-electron chi connectivity index (χ1n) is 3.15. The van der Waals surface area contributed by atoms with Crippen molar-refractivity contribution in [3.05, 3.63) is 23.7 Å². The molecule has 3 nitrogen and oxygen atoms in total. The van der Waals surface area contributed by atoms with Gasteiger partial charge in [0.15, 0.2) is 6.79 Å². The van der Waals surface area contributed by atoms with Gasteiger partial charge in [0.2, 0.25) is 0 Å². The van der Waals surface area contributed by atoms with Crippen LogP contribution in [0.25, 0.3) is 0 Å². The summed E-state index contributed by atoms with van der Waals surface area (Å²) in [4.78, 5) is 0. The monoisotopic (exact) mass is 142 g/mol. The van der Waals surface area contributed by atoms with E-state index in [-0.39, 0.29) is 6.79 Å².